The van der Waals surface area contributed by atoms with E-state index in [-0.39, 0.29) is 23.6 Å². The molecular formula is C19H21F3N4O. The molecule has 0 saturated heterocycles. The van der Waals surface area contributed by atoms with E-state index in [1.54, 1.807) is 0 Å². The lowest BCUT2D eigenvalue weighted by molar-refractivity contribution is -0.137. The number of alkyl halides is 3. The van der Waals surface area contributed by atoms with Crippen LogP contribution < -0.4 is 10.6 Å². The van der Waals surface area contributed by atoms with Gasteiger partial charge < -0.3 is 10.6 Å². The minimum Gasteiger partial charge on any atom is -0.349 e. The van der Waals surface area contributed by atoms with E-state index in [9.17, 15) is 18.0 Å². The Labute approximate surface area is 155 Å². The van der Waals surface area contributed by atoms with Crippen LogP contribution in [0.1, 0.15) is 54.4 Å². The smallest absolute Gasteiger partial charge is 0.349 e. The fourth-order valence-electron chi connectivity index (χ4n) is 3.10. The predicted octanol–water partition coefficient (Wildman–Crippen LogP) is 4.69. The van der Waals surface area contributed by atoms with Crippen LogP contribution >= 0.6 is 0 Å². The maximum Gasteiger partial charge on any atom is 0.416 e. The second kappa shape index (κ2) is 8.37. The summed E-state index contributed by atoms with van der Waals surface area (Å²) < 4.78 is 38.3. The highest BCUT2D eigenvalue weighted by Crippen LogP contribution is 2.31. The molecule has 1 aromatic carbocycles. The van der Waals surface area contributed by atoms with Crippen molar-refractivity contribution in [2.75, 3.05) is 5.32 Å². The van der Waals surface area contributed by atoms with Crippen LogP contribution in [0.2, 0.25) is 0 Å². The van der Waals surface area contributed by atoms with Crippen molar-refractivity contribution in [2.45, 2.75) is 50.7 Å². The first-order valence-electron chi connectivity index (χ1n) is 8.99. The highest BCUT2D eigenvalue weighted by Gasteiger charge is 2.30. The maximum atomic E-state index is 12.8. The molecule has 8 heteroatoms. The van der Waals surface area contributed by atoms with Gasteiger partial charge in [0.25, 0.3) is 5.91 Å². The highest BCUT2D eigenvalue weighted by molar-refractivity contribution is 5.93. The third-order valence-corrected chi connectivity index (χ3v) is 4.55. The van der Waals surface area contributed by atoms with Crippen molar-refractivity contribution in [1.82, 2.24) is 15.3 Å². The number of rotatable bonds is 4. The quantitative estimate of drug-likeness (QED) is 0.758. The summed E-state index contributed by atoms with van der Waals surface area (Å²) in [6, 6.07) is 4.94. The molecule has 27 heavy (non-hydrogen) atoms. The summed E-state index contributed by atoms with van der Waals surface area (Å²) in [5.41, 5.74) is -0.207. The largest absolute Gasteiger partial charge is 0.416 e. The number of hydrogen-bond acceptors (Lipinski definition) is 4. The Bertz CT molecular complexity index is 769. The van der Waals surface area contributed by atoms with Crippen molar-refractivity contribution >= 4 is 17.5 Å². The topological polar surface area (TPSA) is 66.9 Å². The number of benzene rings is 1. The lowest BCUT2D eigenvalue weighted by Crippen LogP contribution is -2.34. The number of halogens is 3. The van der Waals surface area contributed by atoms with Gasteiger partial charge in [0.2, 0.25) is 5.95 Å². The highest BCUT2D eigenvalue weighted by atomic mass is 19.4. The Hall–Kier alpha value is -2.64. The minimum atomic E-state index is -4.42. The molecule has 1 aliphatic rings. The van der Waals surface area contributed by atoms with Gasteiger partial charge in [-0.2, -0.15) is 13.2 Å². The Morgan fingerprint density at radius 1 is 1.04 bits per heavy atom. The summed E-state index contributed by atoms with van der Waals surface area (Å²) in [5, 5.41) is 5.72. The number of carbonyl (C=O) groups excluding carboxylic acids is 1. The van der Waals surface area contributed by atoms with E-state index in [4.69, 9.17) is 0 Å². The Kier molecular flexibility index (Phi) is 5.93. The van der Waals surface area contributed by atoms with Gasteiger partial charge in [0.15, 0.2) is 0 Å². The van der Waals surface area contributed by atoms with E-state index in [1.807, 2.05) is 0 Å². The number of carbonyl (C=O) groups is 1. The van der Waals surface area contributed by atoms with E-state index in [1.165, 1.54) is 37.4 Å². The lowest BCUT2D eigenvalue weighted by atomic mass is 10.1. The zero-order valence-corrected chi connectivity index (χ0v) is 14.7. The van der Waals surface area contributed by atoms with E-state index < -0.39 is 11.7 Å². The number of anilines is 2. The van der Waals surface area contributed by atoms with Crippen molar-refractivity contribution in [3.63, 3.8) is 0 Å². The molecule has 0 bridgehead atoms. The van der Waals surface area contributed by atoms with E-state index >= 15 is 0 Å². The third kappa shape index (κ3) is 5.42. The molecule has 0 aliphatic heterocycles. The van der Waals surface area contributed by atoms with E-state index in [0.717, 1.165) is 37.8 Å². The second-order valence-electron chi connectivity index (χ2n) is 6.66. The van der Waals surface area contributed by atoms with Gasteiger partial charge in [0.1, 0.15) is 0 Å². The molecule has 0 unspecified atom stereocenters. The van der Waals surface area contributed by atoms with Crippen LogP contribution in [0.3, 0.4) is 0 Å². The number of nitrogens with zero attached hydrogens (tertiary/aromatic N) is 2. The summed E-state index contributed by atoms with van der Waals surface area (Å²) in [5.74, 6) is -0.104. The Balaban J connectivity index is 1.62. The van der Waals surface area contributed by atoms with Crippen LogP contribution in [0.15, 0.2) is 36.7 Å². The lowest BCUT2D eigenvalue weighted by Gasteiger charge is -2.16. The molecule has 0 radical (unpaired) electrons. The van der Waals surface area contributed by atoms with E-state index in [2.05, 4.69) is 20.6 Å². The third-order valence-electron chi connectivity index (χ3n) is 4.55. The molecule has 1 fully saturated rings. The molecule has 1 aromatic heterocycles. The maximum absolute atomic E-state index is 12.8. The Morgan fingerprint density at radius 3 is 2.33 bits per heavy atom. The SMILES string of the molecule is O=C(NC1CCCCCC1)c1cnc(Nc2cccc(C(F)(F)F)c2)nc1. The van der Waals surface area contributed by atoms with Crippen molar-refractivity contribution in [1.29, 1.82) is 0 Å². The molecule has 144 valence electrons. The predicted molar refractivity (Wildman–Crippen MR) is 95.7 cm³/mol. The number of aromatic nitrogens is 2. The zero-order chi connectivity index (χ0) is 19.3. The van der Waals surface area contributed by atoms with Crippen molar-refractivity contribution < 1.29 is 18.0 Å². The first-order valence-corrected chi connectivity index (χ1v) is 8.99. The molecule has 1 heterocycles. The molecule has 5 nitrogen and oxygen atoms in total. The molecule has 3 rings (SSSR count). The first-order chi connectivity index (χ1) is 12.9. The van der Waals surface area contributed by atoms with Crippen LogP contribution in [0.4, 0.5) is 24.8 Å². The van der Waals surface area contributed by atoms with Gasteiger partial charge in [-0.1, -0.05) is 31.7 Å². The molecule has 1 amide bonds. The summed E-state index contributed by atoms with van der Waals surface area (Å²) in [6.45, 7) is 0. The second-order valence-corrected chi connectivity index (χ2v) is 6.66. The summed E-state index contributed by atoms with van der Waals surface area (Å²) >= 11 is 0. The van der Waals surface area contributed by atoms with Crippen molar-refractivity contribution in [2.24, 2.45) is 0 Å². The number of hydrogen-bond donors (Lipinski definition) is 2. The molecule has 1 aliphatic carbocycles. The van der Waals surface area contributed by atoms with Gasteiger partial charge in [-0.3, -0.25) is 4.79 Å². The molecule has 2 N–H and O–H groups in total. The monoisotopic (exact) mass is 378 g/mol. The van der Waals surface area contributed by atoms with Gasteiger partial charge in [0.05, 0.1) is 11.1 Å². The standard InChI is InChI=1S/C19H21F3N4O/c20-19(21,22)14-6-5-9-16(10-14)26-18-23-11-13(12-24-18)17(27)25-15-7-3-1-2-4-8-15/h5-6,9-12,15H,1-4,7-8H2,(H,25,27)(H,23,24,26). The number of amides is 1. The van der Waals surface area contributed by atoms with Crippen LogP contribution in [-0.2, 0) is 6.18 Å². The van der Waals surface area contributed by atoms with Crippen LogP contribution in [0.5, 0.6) is 0 Å². The van der Waals surface area contributed by atoms with Crippen LogP contribution in [0.25, 0.3) is 0 Å². The van der Waals surface area contributed by atoms with Gasteiger partial charge in [0, 0.05) is 24.1 Å². The molecular weight excluding hydrogens is 357 g/mol. The molecule has 2 aromatic rings. The van der Waals surface area contributed by atoms with Gasteiger partial charge in [-0.25, -0.2) is 9.97 Å². The zero-order valence-electron chi connectivity index (χ0n) is 14.7. The number of nitrogens with one attached hydrogen (secondary N) is 2. The average molecular weight is 378 g/mol. The Morgan fingerprint density at radius 2 is 1.70 bits per heavy atom. The van der Waals surface area contributed by atoms with E-state index in [0.29, 0.717) is 5.56 Å². The molecule has 0 spiro atoms. The van der Waals surface area contributed by atoms with Crippen molar-refractivity contribution in [3.05, 3.63) is 47.8 Å². The summed E-state index contributed by atoms with van der Waals surface area (Å²) in [6.07, 6.45) is 4.89. The fourth-order valence-corrected chi connectivity index (χ4v) is 3.10. The fraction of sp³-hybridized carbons (Fsp3) is 0.421. The van der Waals surface area contributed by atoms with Crippen LogP contribution in [-0.4, -0.2) is 21.9 Å². The summed E-state index contributed by atoms with van der Waals surface area (Å²) in [7, 11) is 0. The summed E-state index contributed by atoms with van der Waals surface area (Å²) in [4.78, 5) is 20.4. The van der Waals surface area contributed by atoms with Crippen LogP contribution in [0, 0.1) is 0 Å². The normalized spacial score (nSPS) is 15.8. The molecule has 1 saturated carbocycles. The van der Waals surface area contributed by atoms with Gasteiger partial charge >= 0.3 is 6.18 Å². The first kappa shape index (κ1) is 19.1. The van der Waals surface area contributed by atoms with Crippen molar-refractivity contribution in [3.8, 4) is 0 Å². The average Bonchev–Trinajstić information content (AvgIpc) is 2.90. The minimum absolute atomic E-state index is 0.125. The molecule has 0 atom stereocenters. The van der Waals surface area contributed by atoms with Gasteiger partial charge in [-0.05, 0) is 31.0 Å². The van der Waals surface area contributed by atoms with Gasteiger partial charge in [-0.15, -0.1) is 0 Å².